The molecule has 98 valence electrons. The fourth-order valence-corrected chi connectivity index (χ4v) is 4.90. The van der Waals surface area contributed by atoms with Crippen molar-refractivity contribution >= 4 is 53.2 Å². The molecule has 0 unspecified atom stereocenters. The summed E-state index contributed by atoms with van der Waals surface area (Å²) in [5, 5.41) is 9.18. The molecule has 2 heterocycles. The van der Waals surface area contributed by atoms with E-state index in [2.05, 4.69) is 46.9 Å². The van der Waals surface area contributed by atoms with Gasteiger partial charge in [-0.1, -0.05) is 5.21 Å². The summed E-state index contributed by atoms with van der Waals surface area (Å²) in [7, 11) is -2.12. The van der Waals surface area contributed by atoms with Gasteiger partial charge in [-0.15, -0.1) is 16.4 Å². The standard InChI is InChI=1S/C8H8Br2N4O2S2/c1-14-8(7(10)12-13-14)18(15,16)11-4-6-5(9)2-3-17-6/h2-3,11H,4H2,1H3. The minimum absolute atomic E-state index is 0.00942. The van der Waals surface area contributed by atoms with Gasteiger partial charge in [0.2, 0.25) is 5.03 Å². The zero-order chi connectivity index (χ0) is 13.3. The Kier molecular flexibility index (Phi) is 4.22. The summed E-state index contributed by atoms with van der Waals surface area (Å²) in [5.41, 5.74) is 0. The monoisotopic (exact) mass is 414 g/mol. The van der Waals surface area contributed by atoms with Crippen molar-refractivity contribution in [3.63, 3.8) is 0 Å². The van der Waals surface area contributed by atoms with Gasteiger partial charge in [0, 0.05) is 22.9 Å². The van der Waals surface area contributed by atoms with E-state index in [9.17, 15) is 8.42 Å². The lowest BCUT2D eigenvalue weighted by Gasteiger charge is -2.05. The normalized spacial score (nSPS) is 11.9. The van der Waals surface area contributed by atoms with Gasteiger partial charge in [0.05, 0.1) is 0 Å². The van der Waals surface area contributed by atoms with Crippen LogP contribution in [0.4, 0.5) is 0 Å². The molecule has 0 fully saturated rings. The van der Waals surface area contributed by atoms with E-state index in [1.807, 2.05) is 11.4 Å². The Hall–Kier alpha value is -0.290. The number of aryl methyl sites for hydroxylation is 1. The molecule has 0 radical (unpaired) electrons. The summed E-state index contributed by atoms with van der Waals surface area (Å²) in [4.78, 5) is 0.907. The lowest BCUT2D eigenvalue weighted by atomic mass is 10.5. The third-order valence-corrected chi connectivity index (χ3v) is 6.32. The van der Waals surface area contributed by atoms with Gasteiger partial charge >= 0.3 is 0 Å². The van der Waals surface area contributed by atoms with Crippen LogP contribution >= 0.6 is 43.2 Å². The minimum atomic E-state index is -3.64. The molecule has 1 N–H and O–H groups in total. The predicted octanol–water partition coefficient (Wildman–Crippen LogP) is 1.88. The van der Waals surface area contributed by atoms with Gasteiger partial charge in [-0.05, 0) is 43.3 Å². The van der Waals surface area contributed by atoms with Crippen LogP contribution in [-0.4, -0.2) is 23.4 Å². The first-order valence-electron chi connectivity index (χ1n) is 4.68. The minimum Gasteiger partial charge on any atom is -0.235 e. The molecule has 0 aliphatic heterocycles. The Morgan fingerprint density at radius 3 is 2.72 bits per heavy atom. The van der Waals surface area contributed by atoms with E-state index in [0.29, 0.717) is 0 Å². The number of thiophene rings is 1. The first kappa shape index (κ1) is 14.1. The molecule has 0 atom stereocenters. The van der Waals surface area contributed by atoms with E-state index >= 15 is 0 Å². The van der Waals surface area contributed by atoms with Crippen molar-refractivity contribution in [2.24, 2.45) is 7.05 Å². The largest absolute Gasteiger partial charge is 0.260 e. The summed E-state index contributed by atoms with van der Waals surface area (Å²) in [5.74, 6) is 0. The first-order valence-corrected chi connectivity index (χ1v) is 8.63. The highest BCUT2D eigenvalue weighted by atomic mass is 79.9. The number of hydrogen-bond acceptors (Lipinski definition) is 5. The maximum Gasteiger partial charge on any atom is 0.260 e. The van der Waals surface area contributed by atoms with E-state index in [1.165, 1.54) is 23.1 Å². The summed E-state index contributed by atoms with van der Waals surface area (Å²) in [6, 6.07) is 1.87. The van der Waals surface area contributed by atoms with Crippen LogP contribution in [0.3, 0.4) is 0 Å². The molecule has 10 heteroatoms. The van der Waals surface area contributed by atoms with Crippen molar-refractivity contribution in [3.05, 3.63) is 25.4 Å². The molecule has 2 aromatic rings. The van der Waals surface area contributed by atoms with Gasteiger partial charge < -0.3 is 0 Å². The van der Waals surface area contributed by atoms with Gasteiger partial charge in [0.25, 0.3) is 10.0 Å². The molecule has 2 rings (SSSR count). The summed E-state index contributed by atoms with van der Waals surface area (Å²) in [6.45, 7) is 0.220. The highest BCUT2D eigenvalue weighted by Crippen LogP contribution is 2.23. The highest BCUT2D eigenvalue weighted by molar-refractivity contribution is 9.10. The average Bonchev–Trinajstić information content (AvgIpc) is 2.83. The average molecular weight is 416 g/mol. The Morgan fingerprint density at radius 1 is 1.50 bits per heavy atom. The van der Waals surface area contributed by atoms with Crippen molar-refractivity contribution in [1.82, 2.24) is 19.7 Å². The van der Waals surface area contributed by atoms with Crippen LogP contribution in [0, 0.1) is 0 Å². The lowest BCUT2D eigenvalue weighted by molar-refractivity contribution is 0.560. The topological polar surface area (TPSA) is 76.9 Å². The van der Waals surface area contributed by atoms with E-state index in [1.54, 1.807) is 0 Å². The fraction of sp³-hybridized carbons (Fsp3) is 0.250. The van der Waals surface area contributed by atoms with Gasteiger partial charge in [-0.3, -0.25) is 0 Å². The van der Waals surface area contributed by atoms with Gasteiger partial charge in [-0.25, -0.2) is 17.8 Å². The number of nitrogens with zero attached hydrogens (tertiary/aromatic N) is 3. The highest BCUT2D eigenvalue weighted by Gasteiger charge is 2.23. The number of nitrogens with one attached hydrogen (secondary N) is 1. The zero-order valence-electron chi connectivity index (χ0n) is 9.09. The second-order valence-corrected chi connectivity index (χ2v) is 7.61. The van der Waals surface area contributed by atoms with Crippen LogP contribution in [0.2, 0.25) is 0 Å². The Labute approximate surface area is 125 Å². The quantitative estimate of drug-likeness (QED) is 0.826. The SMILES string of the molecule is Cn1nnc(Br)c1S(=O)(=O)NCc1sccc1Br. The summed E-state index contributed by atoms with van der Waals surface area (Å²) >= 11 is 7.89. The number of sulfonamides is 1. The molecular weight excluding hydrogens is 408 g/mol. The lowest BCUT2D eigenvalue weighted by Crippen LogP contribution is -2.25. The maximum absolute atomic E-state index is 12.1. The van der Waals surface area contributed by atoms with E-state index in [-0.39, 0.29) is 16.2 Å². The molecule has 0 saturated carbocycles. The third kappa shape index (κ3) is 2.82. The molecule has 18 heavy (non-hydrogen) atoms. The second kappa shape index (κ2) is 5.37. The Balaban J connectivity index is 2.21. The molecule has 0 aliphatic rings. The predicted molar refractivity (Wildman–Crippen MR) is 74.7 cm³/mol. The maximum atomic E-state index is 12.1. The van der Waals surface area contributed by atoms with Crippen LogP contribution in [-0.2, 0) is 23.6 Å². The number of hydrogen-bond donors (Lipinski definition) is 1. The second-order valence-electron chi connectivity index (χ2n) is 3.33. The van der Waals surface area contributed by atoms with Crippen molar-refractivity contribution in [1.29, 1.82) is 0 Å². The van der Waals surface area contributed by atoms with Crippen molar-refractivity contribution in [3.8, 4) is 0 Å². The molecule has 0 aromatic carbocycles. The molecule has 6 nitrogen and oxygen atoms in total. The fourth-order valence-electron chi connectivity index (χ4n) is 1.29. The van der Waals surface area contributed by atoms with Crippen molar-refractivity contribution in [2.75, 3.05) is 0 Å². The Morgan fingerprint density at radius 2 is 2.22 bits per heavy atom. The molecule has 0 spiro atoms. The Bertz CT molecular complexity index is 645. The molecule has 2 aromatic heterocycles. The molecule has 0 saturated heterocycles. The van der Waals surface area contributed by atoms with E-state index in [4.69, 9.17) is 0 Å². The third-order valence-electron chi connectivity index (χ3n) is 2.11. The summed E-state index contributed by atoms with van der Waals surface area (Å²) < 4.78 is 29.0. The van der Waals surface area contributed by atoms with Crippen LogP contribution in [0.25, 0.3) is 0 Å². The van der Waals surface area contributed by atoms with E-state index in [0.717, 1.165) is 9.35 Å². The smallest absolute Gasteiger partial charge is 0.235 e. The van der Waals surface area contributed by atoms with E-state index < -0.39 is 10.0 Å². The summed E-state index contributed by atoms with van der Waals surface area (Å²) in [6.07, 6.45) is 0. The molecular formula is C8H8Br2N4O2S2. The van der Waals surface area contributed by atoms with Crippen molar-refractivity contribution < 1.29 is 8.42 Å². The number of aromatic nitrogens is 3. The first-order chi connectivity index (χ1) is 8.42. The van der Waals surface area contributed by atoms with Crippen LogP contribution < -0.4 is 4.72 Å². The number of halogens is 2. The zero-order valence-corrected chi connectivity index (χ0v) is 13.9. The molecule has 0 aliphatic carbocycles. The van der Waals surface area contributed by atoms with Crippen molar-refractivity contribution in [2.45, 2.75) is 11.6 Å². The van der Waals surface area contributed by atoms with Crippen LogP contribution in [0.15, 0.2) is 25.5 Å². The van der Waals surface area contributed by atoms with Gasteiger partial charge in [0.15, 0.2) is 4.60 Å². The molecule has 0 amide bonds. The van der Waals surface area contributed by atoms with Crippen LogP contribution in [0.5, 0.6) is 0 Å². The number of rotatable bonds is 4. The van der Waals surface area contributed by atoms with Gasteiger partial charge in [0.1, 0.15) is 0 Å². The molecule has 0 bridgehead atoms. The van der Waals surface area contributed by atoms with Gasteiger partial charge in [-0.2, -0.15) is 0 Å². The van der Waals surface area contributed by atoms with Crippen LogP contribution in [0.1, 0.15) is 4.88 Å².